The maximum atomic E-state index is 5.58. The van der Waals surface area contributed by atoms with Gasteiger partial charge in [-0.3, -0.25) is 4.68 Å². The predicted molar refractivity (Wildman–Crippen MR) is 72.6 cm³/mol. The van der Waals surface area contributed by atoms with Gasteiger partial charge >= 0.3 is 0 Å². The molecule has 5 nitrogen and oxygen atoms in total. The molecule has 0 bridgehead atoms. The molecule has 1 fully saturated rings. The second-order valence-corrected chi connectivity index (χ2v) is 5.18. The number of ether oxygens (including phenoxy) is 2. The quantitative estimate of drug-likeness (QED) is 0.888. The van der Waals surface area contributed by atoms with Gasteiger partial charge in [0, 0.05) is 20.1 Å². The number of hydrogen-bond acceptors (Lipinski definition) is 4. The predicted octanol–water partition coefficient (Wildman–Crippen LogP) is 1.25. The fraction of sp³-hybridized carbons (Fsp3) is 0.750. The van der Waals surface area contributed by atoms with Gasteiger partial charge in [0.2, 0.25) is 0 Å². The minimum atomic E-state index is 0.163. The van der Waals surface area contributed by atoms with Crippen LogP contribution >= 0.6 is 15.9 Å². The Morgan fingerprint density at radius 2 is 2.33 bits per heavy atom. The molecule has 0 spiro atoms. The lowest BCUT2D eigenvalue weighted by molar-refractivity contribution is -0.0864. The van der Waals surface area contributed by atoms with Crippen LogP contribution in [0.15, 0.2) is 4.47 Å². The van der Waals surface area contributed by atoms with Crippen molar-refractivity contribution in [3.8, 4) is 0 Å². The number of aromatic nitrogens is 2. The van der Waals surface area contributed by atoms with Crippen molar-refractivity contribution in [3.63, 3.8) is 0 Å². The lowest BCUT2D eigenvalue weighted by Gasteiger charge is -2.23. The Labute approximate surface area is 116 Å². The Hall–Kier alpha value is -0.430. The molecule has 0 aromatic carbocycles. The largest absolute Gasteiger partial charge is 0.376 e. The van der Waals surface area contributed by atoms with Crippen molar-refractivity contribution in [2.75, 3.05) is 26.4 Å². The van der Waals surface area contributed by atoms with E-state index < -0.39 is 0 Å². The molecular formula is C12H20BrN3O2. The second kappa shape index (κ2) is 6.65. The fourth-order valence-corrected chi connectivity index (χ4v) is 2.77. The summed E-state index contributed by atoms with van der Waals surface area (Å²) < 4.78 is 14.0. The van der Waals surface area contributed by atoms with Crippen LogP contribution in [-0.4, -0.2) is 42.2 Å². The fourth-order valence-electron chi connectivity index (χ4n) is 2.02. The van der Waals surface area contributed by atoms with Gasteiger partial charge in [-0.05, 0) is 22.4 Å². The van der Waals surface area contributed by atoms with Crippen LogP contribution in [0.3, 0.4) is 0 Å². The number of nitrogens with one attached hydrogen (secondary N) is 1. The first-order chi connectivity index (χ1) is 8.72. The maximum absolute atomic E-state index is 5.58. The molecule has 0 amide bonds. The molecule has 0 radical (unpaired) electrons. The Kier molecular flexibility index (Phi) is 5.17. The summed E-state index contributed by atoms with van der Waals surface area (Å²) in [5.74, 6) is 0. The minimum absolute atomic E-state index is 0.163. The van der Waals surface area contributed by atoms with Crippen LogP contribution in [0, 0.1) is 0 Å². The number of rotatable bonds is 5. The highest BCUT2D eigenvalue weighted by Gasteiger charge is 2.15. The smallest absolute Gasteiger partial charge is 0.0933 e. The third-order valence-corrected chi connectivity index (χ3v) is 3.97. The average Bonchev–Trinajstić information content (AvgIpc) is 2.67. The van der Waals surface area contributed by atoms with E-state index in [0.29, 0.717) is 19.8 Å². The molecule has 1 saturated heterocycles. The number of halogens is 1. The molecular weight excluding hydrogens is 298 g/mol. The van der Waals surface area contributed by atoms with E-state index in [0.717, 1.165) is 29.7 Å². The zero-order chi connectivity index (χ0) is 13.0. The van der Waals surface area contributed by atoms with Crippen LogP contribution in [-0.2, 0) is 29.5 Å². The van der Waals surface area contributed by atoms with Crippen molar-refractivity contribution in [1.82, 2.24) is 15.1 Å². The molecule has 1 N–H and O–H groups in total. The molecule has 18 heavy (non-hydrogen) atoms. The molecule has 1 aliphatic heterocycles. The molecule has 102 valence electrons. The lowest BCUT2D eigenvalue weighted by atomic mass is 10.3. The highest BCUT2D eigenvalue weighted by atomic mass is 79.9. The van der Waals surface area contributed by atoms with E-state index >= 15 is 0 Å². The Morgan fingerprint density at radius 1 is 1.50 bits per heavy atom. The summed E-state index contributed by atoms with van der Waals surface area (Å²) in [6.45, 7) is 5.78. The van der Waals surface area contributed by atoms with Crippen LogP contribution in [0.25, 0.3) is 0 Å². The molecule has 0 aliphatic carbocycles. The Morgan fingerprint density at radius 3 is 2.94 bits per heavy atom. The topological polar surface area (TPSA) is 48.3 Å². The number of aryl methyl sites for hydroxylation is 2. The first-order valence-electron chi connectivity index (χ1n) is 6.32. The van der Waals surface area contributed by atoms with Crippen molar-refractivity contribution in [3.05, 3.63) is 15.9 Å². The van der Waals surface area contributed by atoms with Crippen LogP contribution in [0.5, 0.6) is 0 Å². The summed E-state index contributed by atoms with van der Waals surface area (Å²) in [6, 6.07) is 0. The molecule has 2 heterocycles. The summed E-state index contributed by atoms with van der Waals surface area (Å²) in [5.41, 5.74) is 2.27. The van der Waals surface area contributed by atoms with Gasteiger partial charge in [0.05, 0.1) is 41.8 Å². The van der Waals surface area contributed by atoms with Crippen LogP contribution in [0.4, 0.5) is 0 Å². The van der Waals surface area contributed by atoms with Crippen molar-refractivity contribution < 1.29 is 9.47 Å². The SMILES string of the molecule is CCc1nn(C)c(CNCC2COCCO2)c1Br. The monoisotopic (exact) mass is 317 g/mol. The van der Waals surface area contributed by atoms with Gasteiger partial charge in [-0.25, -0.2) is 0 Å². The van der Waals surface area contributed by atoms with E-state index in [1.165, 1.54) is 5.69 Å². The van der Waals surface area contributed by atoms with Gasteiger partial charge in [-0.1, -0.05) is 6.92 Å². The number of hydrogen-bond donors (Lipinski definition) is 1. The van der Waals surface area contributed by atoms with Crippen molar-refractivity contribution >= 4 is 15.9 Å². The third-order valence-electron chi connectivity index (χ3n) is 3.05. The van der Waals surface area contributed by atoms with Gasteiger partial charge in [0.1, 0.15) is 0 Å². The Bertz CT molecular complexity index is 389. The van der Waals surface area contributed by atoms with Crippen molar-refractivity contribution in [1.29, 1.82) is 0 Å². The first-order valence-corrected chi connectivity index (χ1v) is 7.12. The van der Waals surface area contributed by atoms with Gasteiger partial charge < -0.3 is 14.8 Å². The molecule has 0 saturated carbocycles. The summed E-state index contributed by atoms with van der Waals surface area (Å²) in [5, 5.41) is 7.86. The van der Waals surface area contributed by atoms with Gasteiger partial charge in [0.25, 0.3) is 0 Å². The van der Waals surface area contributed by atoms with E-state index in [1.807, 2.05) is 11.7 Å². The van der Waals surface area contributed by atoms with Crippen LogP contribution in [0.2, 0.25) is 0 Å². The zero-order valence-electron chi connectivity index (χ0n) is 10.9. The Balaban J connectivity index is 1.84. The highest BCUT2D eigenvalue weighted by molar-refractivity contribution is 9.10. The van der Waals surface area contributed by atoms with E-state index in [2.05, 4.69) is 33.3 Å². The molecule has 1 unspecified atom stereocenters. The number of nitrogens with zero attached hydrogens (tertiary/aromatic N) is 2. The van der Waals surface area contributed by atoms with Crippen molar-refractivity contribution in [2.24, 2.45) is 7.05 Å². The van der Waals surface area contributed by atoms with Crippen molar-refractivity contribution in [2.45, 2.75) is 26.0 Å². The second-order valence-electron chi connectivity index (χ2n) is 4.38. The summed E-state index contributed by atoms with van der Waals surface area (Å²) in [7, 11) is 1.97. The van der Waals surface area contributed by atoms with Crippen LogP contribution in [0.1, 0.15) is 18.3 Å². The summed E-state index contributed by atoms with van der Waals surface area (Å²) in [4.78, 5) is 0. The standard InChI is InChI=1S/C12H20BrN3O2/c1-3-10-12(13)11(16(2)15-10)7-14-6-9-8-17-4-5-18-9/h9,14H,3-8H2,1-2H3. The van der Waals surface area contributed by atoms with Gasteiger partial charge in [0.15, 0.2) is 0 Å². The maximum Gasteiger partial charge on any atom is 0.0933 e. The molecule has 1 atom stereocenters. The summed E-state index contributed by atoms with van der Waals surface area (Å²) >= 11 is 3.61. The van der Waals surface area contributed by atoms with Gasteiger partial charge in [-0.2, -0.15) is 5.10 Å². The summed E-state index contributed by atoms with van der Waals surface area (Å²) in [6.07, 6.45) is 1.10. The van der Waals surface area contributed by atoms with E-state index in [4.69, 9.17) is 9.47 Å². The highest BCUT2D eigenvalue weighted by Crippen LogP contribution is 2.21. The molecule has 2 rings (SSSR count). The van der Waals surface area contributed by atoms with E-state index in [-0.39, 0.29) is 6.10 Å². The zero-order valence-corrected chi connectivity index (χ0v) is 12.5. The first kappa shape index (κ1) is 14.0. The molecule has 1 aliphatic rings. The van der Waals surface area contributed by atoms with E-state index in [1.54, 1.807) is 0 Å². The normalized spacial score (nSPS) is 20.3. The van der Waals surface area contributed by atoms with E-state index in [9.17, 15) is 0 Å². The lowest BCUT2D eigenvalue weighted by Crippen LogP contribution is -2.37. The minimum Gasteiger partial charge on any atom is -0.376 e. The molecule has 1 aromatic rings. The third kappa shape index (κ3) is 3.32. The molecule has 1 aromatic heterocycles. The van der Waals surface area contributed by atoms with Gasteiger partial charge in [-0.15, -0.1) is 0 Å². The average molecular weight is 318 g/mol. The van der Waals surface area contributed by atoms with Crippen LogP contribution < -0.4 is 5.32 Å². The molecule has 6 heteroatoms.